The van der Waals surface area contributed by atoms with Crippen LogP contribution in [-0.4, -0.2) is 37.4 Å². The molecule has 2 unspecified atom stereocenters. The number of nitrogens with one attached hydrogen (secondary N) is 2. The molecule has 0 aliphatic carbocycles. The first-order chi connectivity index (χ1) is 13.0. The molecular formula is C19H26N6O2. The third-order valence-corrected chi connectivity index (χ3v) is 4.76. The Morgan fingerprint density at radius 3 is 2.81 bits per heavy atom. The van der Waals surface area contributed by atoms with Gasteiger partial charge in [0.25, 0.3) is 5.91 Å². The van der Waals surface area contributed by atoms with E-state index >= 15 is 0 Å². The lowest BCUT2D eigenvalue weighted by Gasteiger charge is -2.14. The second-order valence-electron chi connectivity index (χ2n) is 7.13. The Bertz CT molecular complexity index is 784. The summed E-state index contributed by atoms with van der Waals surface area (Å²) in [4.78, 5) is 12.7. The van der Waals surface area contributed by atoms with E-state index in [1.165, 1.54) is 11.6 Å². The number of nitrogens with zero attached hydrogens (tertiary/aromatic N) is 4. The molecule has 27 heavy (non-hydrogen) atoms. The molecule has 3 rings (SSSR count). The number of tetrazole rings is 1. The minimum absolute atomic E-state index is 0.232. The summed E-state index contributed by atoms with van der Waals surface area (Å²) in [6, 6.07) is 9.12. The number of aromatic nitrogens is 4. The van der Waals surface area contributed by atoms with Gasteiger partial charge in [0, 0.05) is 24.6 Å². The first-order valence-electron chi connectivity index (χ1n) is 9.31. The fraction of sp³-hybridized carbons (Fsp3) is 0.474. The highest BCUT2D eigenvalue weighted by Crippen LogP contribution is 2.28. The summed E-state index contributed by atoms with van der Waals surface area (Å²) in [7, 11) is 0. The highest BCUT2D eigenvalue weighted by Gasteiger charge is 2.25. The topological polar surface area (TPSA) is 105 Å². The molecule has 2 aromatic rings. The lowest BCUT2D eigenvalue weighted by Crippen LogP contribution is -2.24. The maximum Gasteiger partial charge on any atom is 0.267 e. The van der Waals surface area contributed by atoms with Crippen molar-refractivity contribution in [1.82, 2.24) is 31.0 Å². The van der Waals surface area contributed by atoms with Gasteiger partial charge in [0.05, 0.1) is 6.04 Å². The van der Waals surface area contributed by atoms with E-state index in [9.17, 15) is 4.79 Å². The molecule has 0 radical (unpaired) electrons. The second kappa shape index (κ2) is 8.88. The normalized spacial score (nSPS) is 19.9. The van der Waals surface area contributed by atoms with E-state index in [-0.39, 0.29) is 6.04 Å². The number of hydroxylamine groups is 1. The van der Waals surface area contributed by atoms with Crippen molar-refractivity contribution in [2.24, 2.45) is 0 Å². The van der Waals surface area contributed by atoms with Crippen LogP contribution in [-0.2, 0) is 11.2 Å². The molecule has 0 bridgehead atoms. The Morgan fingerprint density at radius 1 is 1.37 bits per heavy atom. The monoisotopic (exact) mass is 370 g/mol. The third kappa shape index (κ3) is 5.21. The predicted octanol–water partition coefficient (Wildman–Crippen LogP) is 2.20. The summed E-state index contributed by atoms with van der Waals surface area (Å²) in [5.74, 6) is 0.263. The molecule has 1 saturated heterocycles. The fourth-order valence-electron chi connectivity index (χ4n) is 3.24. The zero-order chi connectivity index (χ0) is 19.2. The highest BCUT2D eigenvalue weighted by atomic mass is 16.5. The van der Waals surface area contributed by atoms with E-state index in [1.807, 2.05) is 26.0 Å². The van der Waals surface area contributed by atoms with Gasteiger partial charge in [0.2, 0.25) is 0 Å². The van der Waals surface area contributed by atoms with Crippen LogP contribution in [0.1, 0.15) is 62.1 Å². The van der Waals surface area contributed by atoms with Gasteiger partial charge in [-0.25, -0.2) is 5.48 Å². The first kappa shape index (κ1) is 19.2. The Hall–Kier alpha value is -2.58. The molecule has 0 saturated carbocycles. The molecule has 1 aromatic carbocycles. The third-order valence-electron chi connectivity index (χ3n) is 4.76. The number of rotatable bonds is 7. The smallest absolute Gasteiger partial charge is 0.267 e. The van der Waals surface area contributed by atoms with Crippen molar-refractivity contribution in [3.63, 3.8) is 0 Å². The number of amides is 1. The van der Waals surface area contributed by atoms with Crippen LogP contribution < -0.4 is 10.8 Å². The zero-order valence-corrected chi connectivity index (χ0v) is 15.7. The average molecular weight is 370 g/mol. The lowest BCUT2D eigenvalue weighted by molar-refractivity contribution is -0.124. The number of benzene rings is 1. The standard InChI is InChI=1S/C19H26N6O2/c1-13(2)25-22-18(21-24-25)11-9-16-8-10-17(20-16)15-6-3-14(4-7-15)5-12-19(26)23-27/h3-7,12-13,16-17,20,27H,8-11H2,1-2H3,(H,23,26)/b12-5+. The number of aryl methyl sites for hydroxylation is 1. The van der Waals surface area contributed by atoms with Gasteiger partial charge in [0.1, 0.15) is 0 Å². The van der Waals surface area contributed by atoms with Gasteiger partial charge >= 0.3 is 0 Å². The summed E-state index contributed by atoms with van der Waals surface area (Å²) >= 11 is 0. The minimum Gasteiger partial charge on any atom is -0.307 e. The number of hydrogen-bond acceptors (Lipinski definition) is 6. The maximum absolute atomic E-state index is 11.0. The van der Waals surface area contributed by atoms with E-state index < -0.39 is 5.91 Å². The fourth-order valence-corrected chi connectivity index (χ4v) is 3.24. The van der Waals surface area contributed by atoms with Crippen molar-refractivity contribution in [3.8, 4) is 0 Å². The van der Waals surface area contributed by atoms with Crippen molar-refractivity contribution in [1.29, 1.82) is 0 Å². The molecule has 1 fully saturated rings. The molecule has 8 nitrogen and oxygen atoms in total. The Balaban J connectivity index is 1.50. The number of carbonyl (C=O) groups excluding carboxylic acids is 1. The van der Waals surface area contributed by atoms with Crippen LogP contribution in [0, 0.1) is 0 Å². The van der Waals surface area contributed by atoms with Gasteiger partial charge in [-0.15, -0.1) is 10.2 Å². The van der Waals surface area contributed by atoms with Gasteiger partial charge in [-0.2, -0.15) is 4.80 Å². The van der Waals surface area contributed by atoms with Crippen LogP contribution in [0.5, 0.6) is 0 Å². The maximum atomic E-state index is 11.0. The van der Waals surface area contributed by atoms with Crippen molar-refractivity contribution < 1.29 is 10.0 Å². The van der Waals surface area contributed by atoms with Gasteiger partial charge in [0.15, 0.2) is 5.82 Å². The van der Waals surface area contributed by atoms with E-state index in [2.05, 4.69) is 32.9 Å². The minimum atomic E-state index is -0.540. The molecule has 1 aliphatic rings. The second-order valence-corrected chi connectivity index (χ2v) is 7.13. The molecule has 0 spiro atoms. The lowest BCUT2D eigenvalue weighted by atomic mass is 10.0. The van der Waals surface area contributed by atoms with Crippen LogP contribution in [0.3, 0.4) is 0 Å². The Morgan fingerprint density at radius 2 is 2.15 bits per heavy atom. The largest absolute Gasteiger partial charge is 0.307 e. The number of hydrogen-bond donors (Lipinski definition) is 3. The van der Waals surface area contributed by atoms with Gasteiger partial charge < -0.3 is 5.32 Å². The summed E-state index contributed by atoms with van der Waals surface area (Å²) in [5, 5.41) is 24.8. The van der Waals surface area contributed by atoms with Crippen LogP contribution >= 0.6 is 0 Å². The van der Waals surface area contributed by atoms with E-state index in [1.54, 1.807) is 16.4 Å². The molecule has 2 atom stereocenters. The van der Waals surface area contributed by atoms with Crippen molar-refractivity contribution in [2.45, 2.75) is 57.7 Å². The molecular weight excluding hydrogens is 344 g/mol. The molecule has 144 valence electrons. The quantitative estimate of drug-likeness (QED) is 0.392. The van der Waals surface area contributed by atoms with Crippen molar-refractivity contribution in [3.05, 3.63) is 47.3 Å². The molecule has 1 amide bonds. The first-order valence-corrected chi connectivity index (χ1v) is 9.31. The molecule has 1 aliphatic heterocycles. The SMILES string of the molecule is CC(C)n1nnc(CCC2CCC(c3ccc(/C=C/C(=O)NO)cc3)N2)n1. The Kier molecular flexibility index (Phi) is 6.31. The number of carbonyl (C=O) groups is 1. The summed E-state index contributed by atoms with van der Waals surface area (Å²) in [6.07, 6.45) is 7.01. The van der Waals surface area contributed by atoms with E-state index in [0.29, 0.717) is 12.1 Å². The van der Waals surface area contributed by atoms with Crippen LogP contribution in [0.25, 0.3) is 6.08 Å². The van der Waals surface area contributed by atoms with E-state index in [0.717, 1.165) is 37.1 Å². The summed E-state index contributed by atoms with van der Waals surface area (Å²) in [5.41, 5.74) is 3.73. The molecule has 8 heteroatoms. The summed E-state index contributed by atoms with van der Waals surface area (Å²) in [6.45, 7) is 4.08. The molecule has 3 N–H and O–H groups in total. The van der Waals surface area contributed by atoms with Gasteiger partial charge in [-0.1, -0.05) is 24.3 Å². The summed E-state index contributed by atoms with van der Waals surface area (Å²) < 4.78 is 0. The molecule has 2 heterocycles. The highest BCUT2D eigenvalue weighted by molar-refractivity contribution is 5.90. The molecule has 1 aromatic heterocycles. The van der Waals surface area contributed by atoms with E-state index in [4.69, 9.17) is 5.21 Å². The average Bonchev–Trinajstić information content (AvgIpc) is 3.34. The van der Waals surface area contributed by atoms with Crippen LogP contribution in [0.15, 0.2) is 30.3 Å². The van der Waals surface area contributed by atoms with Gasteiger partial charge in [-0.3, -0.25) is 10.0 Å². The van der Waals surface area contributed by atoms with Crippen LogP contribution in [0.2, 0.25) is 0 Å². The zero-order valence-electron chi connectivity index (χ0n) is 15.7. The Labute approximate surface area is 158 Å². The van der Waals surface area contributed by atoms with Crippen LogP contribution in [0.4, 0.5) is 0 Å². The van der Waals surface area contributed by atoms with Crippen molar-refractivity contribution in [2.75, 3.05) is 0 Å². The predicted molar refractivity (Wildman–Crippen MR) is 101 cm³/mol. The van der Waals surface area contributed by atoms with Crippen molar-refractivity contribution >= 4 is 12.0 Å². The van der Waals surface area contributed by atoms with Gasteiger partial charge in [-0.05, 0) is 55.5 Å².